The number of carbonyl (C=O) groups is 2. The molecule has 1 aromatic carbocycles. The number of nitrogens with zero attached hydrogens (tertiary/aromatic N) is 2. The molecule has 102 valence electrons. The summed E-state index contributed by atoms with van der Waals surface area (Å²) in [6.45, 7) is -0.502. The Morgan fingerprint density at radius 1 is 1.37 bits per heavy atom. The third kappa shape index (κ3) is 5.13. The van der Waals surface area contributed by atoms with Gasteiger partial charge in [0.1, 0.15) is 0 Å². The van der Waals surface area contributed by atoms with Gasteiger partial charge in [-0.1, -0.05) is 12.1 Å². The van der Waals surface area contributed by atoms with Crippen LogP contribution in [0.15, 0.2) is 24.3 Å². The van der Waals surface area contributed by atoms with Gasteiger partial charge < -0.3 is 10.8 Å². The maximum absolute atomic E-state index is 10.8. The highest BCUT2D eigenvalue weighted by Crippen LogP contribution is 2.14. The molecular weight excluding hydrogens is 254 g/mol. The second-order valence-electron chi connectivity index (χ2n) is 3.93. The van der Waals surface area contributed by atoms with Crippen LogP contribution in [0.4, 0.5) is 5.69 Å². The van der Waals surface area contributed by atoms with Crippen LogP contribution in [0.2, 0.25) is 0 Å². The first-order valence-corrected chi connectivity index (χ1v) is 5.34. The number of amides is 1. The Hall–Kier alpha value is -2.48. The van der Waals surface area contributed by atoms with Crippen LogP contribution >= 0.6 is 0 Å². The van der Waals surface area contributed by atoms with Gasteiger partial charge >= 0.3 is 5.97 Å². The van der Waals surface area contributed by atoms with Gasteiger partial charge in [0.2, 0.25) is 5.91 Å². The number of primary amides is 1. The Labute approximate surface area is 108 Å². The molecule has 1 amide bonds. The molecule has 0 radical (unpaired) electrons. The van der Waals surface area contributed by atoms with E-state index in [9.17, 15) is 19.7 Å². The summed E-state index contributed by atoms with van der Waals surface area (Å²) in [5.74, 6) is -1.77. The summed E-state index contributed by atoms with van der Waals surface area (Å²) in [6, 6.07) is 5.77. The predicted molar refractivity (Wildman–Crippen MR) is 65.2 cm³/mol. The minimum Gasteiger partial charge on any atom is -0.480 e. The largest absolute Gasteiger partial charge is 0.480 e. The first-order valence-electron chi connectivity index (χ1n) is 5.34. The van der Waals surface area contributed by atoms with Gasteiger partial charge in [0, 0.05) is 18.7 Å². The number of non-ortho nitro benzene ring substituents is 1. The van der Waals surface area contributed by atoms with Crippen molar-refractivity contribution < 1.29 is 19.6 Å². The van der Waals surface area contributed by atoms with Crippen LogP contribution in [-0.4, -0.2) is 39.9 Å². The van der Waals surface area contributed by atoms with E-state index in [1.165, 1.54) is 23.1 Å². The molecule has 1 rings (SSSR count). The van der Waals surface area contributed by atoms with Crippen molar-refractivity contribution in [1.82, 2.24) is 4.90 Å². The number of carboxylic acid groups (broad SMARTS) is 1. The topological polar surface area (TPSA) is 127 Å². The fourth-order valence-corrected chi connectivity index (χ4v) is 1.61. The van der Waals surface area contributed by atoms with Crippen LogP contribution in [0, 0.1) is 10.1 Å². The third-order valence-electron chi connectivity index (χ3n) is 2.27. The van der Waals surface area contributed by atoms with Crippen LogP contribution in [-0.2, 0) is 16.1 Å². The van der Waals surface area contributed by atoms with Crippen LogP contribution in [0.3, 0.4) is 0 Å². The number of nitrogens with two attached hydrogens (primary N) is 1. The van der Waals surface area contributed by atoms with E-state index < -0.39 is 16.8 Å². The number of nitro groups is 1. The minimum absolute atomic E-state index is 0.0909. The van der Waals surface area contributed by atoms with Crippen molar-refractivity contribution in [3.63, 3.8) is 0 Å². The molecule has 0 aliphatic heterocycles. The lowest BCUT2D eigenvalue weighted by atomic mass is 10.2. The maximum atomic E-state index is 10.8. The van der Waals surface area contributed by atoms with Gasteiger partial charge in [-0.3, -0.25) is 24.6 Å². The molecule has 0 unspecified atom stereocenters. The summed E-state index contributed by atoms with van der Waals surface area (Å²) in [6.07, 6.45) is 0. The van der Waals surface area contributed by atoms with Gasteiger partial charge in [0.05, 0.1) is 18.0 Å². The summed E-state index contributed by atoms with van der Waals surface area (Å²) >= 11 is 0. The van der Waals surface area contributed by atoms with E-state index >= 15 is 0 Å². The van der Waals surface area contributed by atoms with Gasteiger partial charge in [-0.25, -0.2) is 0 Å². The Morgan fingerprint density at radius 3 is 2.58 bits per heavy atom. The maximum Gasteiger partial charge on any atom is 0.317 e. The van der Waals surface area contributed by atoms with Gasteiger partial charge in [-0.2, -0.15) is 0 Å². The van der Waals surface area contributed by atoms with Crippen molar-refractivity contribution in [3.8, 4) is 0 Å². The molecule has 0 spiro atoms. The van der Waals surface area contributed by atoms with Gasteiger partial charge in [-0.05, 0) is 5.56 Å². The number of carboxylic acids is 1. The van der Waals surface area contributed by atoms with Crippen LogP contribution in [0.1, 0.15) is 5.56 Å². The zero-order valence-corrected chi connectivity index (χ0v) is 9.98. The van der Waals surface area contributed by atoms with Crippen molar-refractivity contribution in [3.05, 3.63) is 39.9 Å². The van der Waals surface area contributed by atoms with Gasteiger partial charge in [0.25, 0.3) is 5.69 Å². The SMILES string of the molecule is NC(=O)CN(CC(=O)O)Cc1cccc([N+](=O)[O-])c1. The van der Waals surface area contributed by atoms with E-state index in [1.807, 2.05) is 0 Å². The van der Waals surface area contributed by atoms with Crippen molar-refractivity contribution in [2.24, 2.45) is 5.73 Å². The zero-order valence-electron chi connectivity index (χ0n) is 9.98. The lowest BCUT2D eigenvalue weighted by molar-refractivity contribution is -0.384. The van der Waals surface area contributed by atoms with E-state index in [1.54, 1.807) is 6.07 Å². The monoisotopic (exact) mass is 267 g/mol. The highest BCUT2D eigenvalue weighted by Gasteiger charge is 2.14. The van der Waals surface area contributed by atoms with E-state index in [-0.39, 0.29) is 25.3 Å². The Morgan fingerprint density at radius 2 is 2.05 bits per heavy atom. The quantitative estimate of drug-likeness (QED) is 0.527. The molecular formula is C11H13N3O5. The molecule has 0 bridgehead atoms. The van der Waals surface area contributed by atoms with Crippen molar-refractivity contribution in [2.45, 2.75) is 6.54 Å². The second-order valence-corrected chi connectivity index (χ2v) is 3.93. The van der Waals surface area contributed by atoms with Crippen LogP contribution in [0.25, 0.3) is 0 Å². The number of benzene rings is 1. The van der Waals surface area contributed by atoms with Crippen LogP contribution in [0.5, 0.6) is 0 Å². The number of rotatable bonds is 7. The molecule has 0 aliphatic carbocycles. The van der Waals surface area contributed by atoms with E-state index in [0.717, 1.165) is 0 Å². The lowest BCUT2D eigenvalue weighted by Crippen LogP contribution is -2.36. The summed E-state index contributed by atoms with van der Waals surface area (Å²) in [5.41, 5.74) is 5.47. The summed E-state index contributed by atoms with van der Waals surface area (Å²) in [4.78, 5) is 32.9. The minimum atomic E-state index is -1.10. The fourth-order valence-electron chi connectivity index (χ4n) is 1.61. The van der Waals surface area contributed by atoms with Crippen molar-refractivity contribution in [1.29, 1.82) is 0 Å². The summed E-state index contributed by atoms with van der Waals surface area (Å²) in [5, 5.41) is 19.3. The molecule has 1 aromatic rings. The molecule has 0 fully saturated rings. The fraction of sp³-hybridized carbons (Fsp3) is 0.273. The molecule has 0 saturated carbocycles. The molecule has 19 heavy (non-hydrogen) atoms. The summed E-state index contributed by atoms with van der Waals surface area (Å²) < 4.78 is 0. The molecule has 0 heterocycles. The number of nitro benzene ring substituents is 1. The van der Waals surface area contributed by atoms with Crippen molar-refractivity contribution in [2.75, 3.05) is 13.1 Å². The smallest absolute Gasteiger partial charge is 0.317 e. The number of carbonyl (C=O) groups excluding carboxylic acids is 1. The first kappa shape index (κ1) is 14.6. The van der Waals surface area contributed by atoms with E-state index in [0.29, 0.717) is 5.56 Å². The average Bonchev–Trinajstić information content (AvgIpc) is 2.27. The van der Waals surface area contributed by atoms with E-state index in [4.69, 9.17) is 10.8 Å². The van der Waals surface area contributed by atoms with Gasteiger partial charge in [0.15, 0.2) is 0 Å². The normalized spacial score (nSPS) is 10.4. The molecule has 0 atom stereocenters. The Balaban J connectivity index is 2.82. The highest BCUT2D eigenvalue weighted by molar-refractivity contribution is 5.77. The zero-order chi connectivity index (χ0) is 14.4. The molecule has 0 saturated heterocycles. The number of hydrogen-bond acceptors (Lipinski definition) is 5. The van der Waals surface area contributed by atoms with Crippen LogP contribution < -0.4 is 5.73 Å². The Bertz CT molecular complexity index is 487. The predicted octanol–water partition coefficient (Wildman–Crippen LogP) is -0.0333. The number of hydrogen-bond donors (Lipinski definition) is 2. The molecule has 3 N–H and O–H groups in total. The summed E-state index contributed by atoms with van der Waals surface area (Å²) in [7, 11) is 0. The lowest BCUT2D eigenvalue weighted by Gasteiger charge is -2.18. The van der Waals surface area contributed by atoms with Crippen molar-refractivity contribution >= 4 is 17.6 Å². The molecule has 8 nitrogen and oxygen atoms in total. The molecule has 0 aromatic heterocycles. The third-order valence-corrected chi connectivity index (χ3v) is 2.27. The van der Waals surface area contributed by atoms with Gasteiger partial charge in [-0.15, -0.1) is 0 Å². The highest BCUT2D eigenvalue weighted by atomic mass is 16.6. The second kappa shape index (κ2) is 6.45. The average molecular weight is 267 g/mol. The molecule has 8 heteroatoms. The molecule has 0 aliphatic rings. The standard InChI is InChI=1S/C11H13N3O5/c12-10(15)6-13(7-11(16)17)5-8-2-1-3-9(4-8)14(18)19/h1-4H,5-7H2,(H2,12,15)(H,16,17). The number of aliphatic carboxylic acids is 1. The Kier molecular flexibility index (Phi) is 4.95. The van der Waals surface area contributed by atoms with E-state index in [2.05, 4.69) is 0 Å². The first-order chi connectivity index (χ1) is 8.88.